The van der Waals surface area contributed by atoms with Gasteiger partial charge in [-0.1, -0.05) is 58.0 Å². The zero-order chi connectivity index (χ0) is 15.2. The molecule has 1 amide bonds. The van der Waals surface area contributed by atoms with Crippen molar-refractivity contribution in [2.75, 3.05) is 6.54 Å². The molecule has 0 aliphatic rings. The zero-order valence-corrected chi connectivity index (χ0v) is 13.1. The van der Waals surface area contributed by atoms with Crippen LogP contribution in [0.3, 0.4) is 0 Å². The molecule has 0 aliphatic carbocycles. The van der Waals surface area contributed by atoms with E-state index in [0.29, 0.717) is 6.54 Å². The number of nitrogens with two attached hydrogens (primary N) is 1. The second-order valence-corrected chi connectivity index (χ2v) is 6.58. The van der Waals surface area contributed by atoms with Crippen molar-refractivity contribution in [2.45, 2.75) is 46.6 Å². The van der Waals surface area contributed by atoms with E-state index in [4.69, 9.17) is 5.73 Å². The lowest BCUT2D eigenvalue weighted by atomic mass is 9.85. The maximum atomic E-state index is 12.3. The van der Waals surface area contributed by atoms with Gasteiger partial charge in [0.15, 0.2) is 0 Å². The third kappa shape index (κ3) is 5.33. The van der Waals surface area contributed by atoms with Crippen LogP contribution in [-0.4, -0.2) is 12.5 Å². The van der Waals surface area contributed by atoms with Crippen LogP contribution in [0.2, 0.25) is 0 Å². The summed E-state index contributed by atoms with van der Waals surface area (Å²) in [4.78, 5) is 12.3. The van der Waals surface area contributed by atoms with Crippen LogP contribution in [-0.2, 0) is 4.79 Å². The molecule has 2 atom stereocenters. The number of hydrogen-bond acceptors (Lipinski definition) is 2. The highest BCUT2D eigenvalue weighted by Crippen LogP contribution is 2.29. The average molecular weight is 276 g/mol. The first-order valence-corrected chi connectivity index (χ1v) is 7.42. The number of carbonyl (C=O) groups excluding carboxylic acids is 1. The molecule has 2 unspecified atom stereocenters. The smallest absolute Gasteiger partial charge is 0.224 e. The lowest BCUT2D eigenvalue weighted by molar-refractivity contribution is -0.125. The normalized spacial score (nSPS) is 14.7. The van der Waals surface area contributed by atoms with Crippen molar-refractivity contribution < 1.29 is 4.79 Å². The molecule has 0 saturated heterocycles. The summed E-state index contributed by atoms with van der Waals surface area (Å²) in [6.07, 6.45) is 1.68. The van der Waals surface area contributed by atoms with Crippen LogP contribution < -0.4 is 11.1 Å². The largest absolute Gasteiger partial charge is 0.349 e. The second-order valence-electron chi connectivity index (χ2n) is 6.58. The Kier molecular flexibility index (Phi) is 6.21. The van der Waals surface area contributed by atoms with Gasteiger partial charge in [-0.15, -0.1) is 0 Å². The molecule has 0 aliphatic heterocycles. The highest BCUT2D eigenvalue weighted by atomic mass is 16.1. The molecular formula is C17H28N2O. The molecule has 3 heteroatoms. The van der Waals surface area contributed by atoms with Gasteiger partial charge in [-0.25, -0.2) is 0 Å². The number of benzene rings is 1. The molecule has 112 valence electrons. The predicted molar refractivity (Wildman–Crippen MR) is 84.2 cm³/mol. The van der Waals surface area contributed by atoms with Crippen molar-refractivity contribution in [3.05, 3.63) is 35.9 Å². The molecule has 0 heterocycles. The first kappa shape index (κ1) is 16.7. The summed E-state index contributed by atoms with van der Waals surface area (Å²) in [5, 5.41) is 3.17. The van der Waals surface area contributed by atoms with Gasteiger partial charge in [-0.3, -0.25) is 4.79 Å². The number of nitrogens with one attached hydrogen (secondary N) is 1. The number of amides is 1. The highest BCUT2D eigenvalue weighted by Gasteiger charge is 2.24. The first-order valence-electron chi connectivity index (χ1n) is 7.42. The molecule has 0 saturated carbocycles. The van der Waals surface area contributed by atoms with Crippen LogP contribution in [0.4, 0.5) is 0 Å². The molecule has 1 aromatic carbocycles. The second kappa shape index (κ2) is 7.44. The predicted octanol–water partition coefficient (Wildman–Crippen LogP) is 3.27. The maximum absolute atomic E-state index is 12.3. The molecule has 3 N–H and O–H groups in total. The molecule has 0 aromatic heterocycles. The Morgan fingerprint density at radius 1 is 1.25 bits per heavy atom. The van der Waals surface area contributed by atoms with Gasteiger partial charge in [-0.2, -0.15) is 0 Å². The Balaban J connectivity index is 2.86. The molecule has 0 spiro atoms. The monoisotopic (exact) mass is 276 g/mol. The quantitative estimate of drug-likeness (QED) is 0.838. The van der Waals surface area contributed by atoms with E-state index in [1.165, 1.54) is 0 Å². The van der Waals surface area contributed by atoms with E-state index in [1.54, 1.807) is 0 Å². The minimum absolute atomic E-state index is 0.0456. The van der Waals surface area contributed by atoms with Gasteiger partial charge < -0.3 is 11.1 Å². The summed E-state index contributed by atoms with van der Waals surface area (Å²) >= 11 is 0. The van der Waals surface area contributed by atoms with Gasteiger partial charge in [0.05, 0.1) is 6.04 Å². The lowest BCUT2D eigenvalue weighted by Crippen LogP contribution is -2.38. The Hall–Kier alpha value is -1.35. The van der Waals surface area contributed by atoms with Crippen molar-refractivity contribution in [3.8, 4) is 0 Å². The summed E-state index contributed by atoms with van der Waals surface area (Å²) < 4.78 is 0. The van der Waals surface area contributed by atoms with E-state index in [2.05, 4.69) is 38.2 Å². The summed E-state index contributed by atoms with van der Waals surface area (Å²) in [6, 6.07) is 10.2. The zero-order valence-electron chi connectivity index (χ0n) is 13.1. The van der Waals surface area contributed by atoms with E-state index in [1.807, 2.05) is 25.1 Å². The van der Waals surface area contributed by atoms with Crippen LogP contribution in [0.25, 0.3) is 0 Å². The molecule has 0 fully saturated rings. The van der Waals surface area contributed by atoms with E-state index >= 15 is 0 Å². The molecular weight excluding hydrogens is 248 g/mol. The van der Waals surface area contributed by atoms with E-state index in [0.717, 1.165) is 18.4 Å². The average Bonchev–Trinajstić information content (AvgIpc) is 2.39. The van der Waals surface area contributed by atoms with Gasteiger partial charge in [0, 0.05) is 12.5 Å². The minimum Gasteiger partial charge on any atom is -0.349 e. The van der Waals surface area contributed by atoms with Crippen molar-refractivity contribution in [3.63, 3.8) is 0 Å². The van der Waals surface area contributed by atoms with E-state index < -0.39 is 0 Å². The van der Waals surface area contributed by atoms with Crippen molar-refractivity contribution in [1.82, 2.24) is 5.32 Å². The first-order chi connectivity index (χ1) is 9.37. The number of rotatable bonds is 6. The third-order valence-corrected chi connectivity index (χ3v) is 3.48. The Morgan fingerprint density at radius 3 is 2.30 bits per heavy atom. The summed E-state index contributed by atoms with van der Waals surface area (Å²) in [5.74, 6) is -0.0331. The molecule has 20 heavy (non-hydrogen) atoms. The third-order valence-electron chi connectivity index (χ3n) is 3.48. The van der Waals surface area contributed by atoms with Crippen LogP contribution in [0.15, 0.2) is 30.3 Å². The topological polar surface area (TPSA) is 55.1 Å². The Morgan fingerprint density at radius 2 is 1.85 bits per heavy atom. The molecule has 3 nitrogen and oxygen atoms in total. The Bertz CT molecular complexity index is 405. The molecule has 1 rings (SSSR count). The molecule has 0 bridgehead atoms. The van der Waals surface area contributed by atoms with Gasteiger partial charge in [0.25, 0.3) is 0 Å². The van der Waals surface area contributed by atoms with Crippen LogP contribution in [0, 0.1) is 11.3 Å². The molecule has 1 aromatic rings. The fourth-order valence-electron chi connectivity index (χ4n) is 2.30. The summed E-state index contributed by atoms with van der Waals surface area (Å²) in [5.41, 5.74) is 6.97. The Labute approximate surface area is 122 Å². The molecule has 0 radical (unpaired) electrons. The van der Waals surface area contributed by atoms with Gasteiger partial charge in [0.2, 0.25) is 5.91 Å². The number of hydrogen-bond donors (Lipinski definition) is 2. The van der Waals surface area contributed by atoms with E-state index in [-0.39, 0.29) is 23.3 Å². The summed E-state index contributed by atoms with van der Waals surface area (Å²) in [7, 11) is 0. The van der Waals surface area contributed by atoms with Crippen molar-refractivity contribution >= 4 is 5.91 Å². The van der Waals surface area contributed by atoms with Crippen LogP contribution >= 0.6 is 0 Å². The van der Waals surface area contributed by atoms with E-state index in [9.17, 15) is 4.79 Å². The van der Waals surface area contributed by atoms with Crippen LogP contribution in [0.5, 0.6) is 0 Å². The van der Waals surface area contributed by atoms with Crippen molar-refractivity contribution in [2.24, 2.45) is 17.1 Å². The summed E-state index contributed by atoms with van der Waals surface area (Å²) in [6.45, 7) is 8.97. The SMILES string of the molecule is CCC(CN)C(=O)NC(CC(C)(C)C)c1ccccc1. The van der Waals surface area contributed by atoms with Crippen LogP contribution in [0.1, 0.15) is 52.1 Å². The highest BCUT2D eigenvalue weighted by molar-refractivity contribution is 5.79. The van der Waals surface area contributed by atoms with Gasteiger partial charge in [0.1, 0.15) is 0 Å². The maximum Gasteiger partial charge on any atom is 0.224 e. The van der Waals surface area contributed by atoms with Gasteiger partial charge in [-0.05, 0) is 23.8 Å². The standard InChI is InChI=1S/C17H28N2O/c1-5-13(12-18)16(20)19-15(11-17(2,3)4)14-9-7-6-8-10-14/h6-10,13,15H,5,11-12,18H2,1-4H3,(H,19,20). The van der Waals surface area contributed by atoms with Crippen molar-refractivity contribution in [1.29, 1.82) is 0 Å². The minimum atomic E-state index is -0.0961. The fourth-order valence-corrected chi connectivity index (χ4v) is 2.30. The lowest BCUT2D eigenvalue weighted by Gasteiger charge is -2.28. The fraction of sp³-hybridized carbons (Fsp3) is 0.588. The van der Waals surface area contributed by atoms with Gasteiger partial charge >= 0.3 is 0 Å². The number of carbonyl (C=O) groups is 1.